The lowest BCUT2D eigenvalue weighted by molar-refractivity contribution is -0.138. The third-order valence-corrected chi connectivity index (χ3v) is 2.82. The largest absolute Gasteiger partial charge is 0.417 e. The molecule has 104 valence electrons. The first-order valence-corrected chi connectivity index (χ1v) is 6.12. The SMILES string of the molecule is C=CCNCC(=O)Nc1ccc(Br)c(C(F)(F)F)c1. The zero-order valence-corrected chi connectivity index (χ0v) is 11.4. The van der Waals surface area contributed by atoms with Crippen LogP contribution in [0.25, 0.3) is 0 Å². The fraction of sp³-hybridized carbons (Fsp3) is 0.250. The summed E-state index contributed by atoms with van der Waals surface area (Å²) in [7, 11) is 0. The van der Waals surface area contributed by atoms with Gasteiger partial charge in [-0.2, -0.15) is 13.2 Å². The molecule has 0 bridgehead atoms. The van der Waals surface area contributed by atoms with E-state index in [2.05, 4.69) is 33.1 Å². The van der Waals surface area contributed by atoms with E-state index in [1.54, 1.807) is 6.08 Å². The Morgan fingerprint density at radius 1 is 1.42 bits per heavy atom. The molecule has 1 amide bonds. The molecule has 7 heteroatoms. The van der Waals surface area contributed by atoms with E-state index in [4.69, 9.17) is 0 Å². The summed E-state index contributed by atoms with van der Waals surface area (Å²) in [6.07, 6.45) is -2.89. The van der Waals surface area contributed by atoms with Crippen molar-refractivity contribution in [3.05, 3.63) is 40.9 Å². The lowest BCUT2D eigenvalue weighted by atomic mass is 10.2. The molecule has 2 N–H and O–H groups in total. The van der Waals surface area contributed by atoms with Crippen LogP contribution < -0.4 is 10.6 Å². The van der Waals surface area contributed by atoms with E-state index in [1.165, 1.54) is 12.1 Å². The first kappa shape index (κ1) is 15.7. The normalized spacial score (nSPS) is 11.2. The molecule has 0 radical (unpaired) electrons. The van der Waals surface area contributed by atoms with Crippen LogP contribution in [0.2, 0.25) is 0 Å². The molecular weight excluding hydrogens is 325 g/mol. The Morgan fingerprint density at radius 2 is 2.11 bits per heavy atom. The molecule has 0 atom stereocenters. The van der Waals surface area contributed by atoms with Gasteiger partial charge in [-0.25, -0.2) is 0 Å². The van der Waals surface area contributed by atoms with Gasteiger partial charge in [-0.05, 0) is 18.2 Å². The predicted molar refractivity (Wildman–Crippen MR) is 70.8 cm³/mol. The Labute approximate surface area is 117 Å². The quantitative estimate of drug-likeness (QED) is 0.640. The van der Waals surface area contributed by atoms with Gasteiger partial charge in [0, 0.05) is 16.7 Å². The van der Waals surface area contributed by atoms with Crippen molar-refractivity contribution >= 4 is 27.5 Å². The van der Waals surface area contributed by atoms with Crippen molar-refractivity contribution in [2.45, 2.75) is 6.18 Å². The van der Waals surface area contributed by atoms with Gasteiger partial charge in [-0.15, -0.1) is 6.58 Å². The molecule has 0 aliphatic carbocycles. The average molecular weight is 337 g/mol. The van der Waals surface area contributed by atoms with Gasteiger partial charge in [0.1, 0.15) is 0 Å². The van der Waals surface area contributed by atoms with Crippen LogP contribution in [-0.2, 0) is 11.0 Å². The molecule has 0 aromatic heterocycles. The summed E-state index contributed by atoms with van der Waals surface area (Å²) in [6, 6.07) is 3.52. The van der Waals surface area contributed by atoms with Gasteiger partial charge in [0.2, 0.25) is 5.91 Å². The molecule has 3 nitrogen and oxygen atoms in total. The number of benzene rings is 1. The van der Waals surface area contributed by atoms with E-state index in [0.29, 0.717) is 6.54 Å². The summed E-state index contributed by atoms with van der Waals surface area (Å²) in [5, 5.41) is 5.13. The summed E-state index contributed by atoms with van der Waals surface area (Å²) >= 11 is 2.83. The summed E-state index contributed by atoms with van der Waals surface area (Å²) in [6.45, 7) is 3.91. The number of carbonyl (C=O) groups excluding carboxylic acids is 1. The van der Waals surface area contributed by atoms with Crippen LogP contribution in [0.5, 0.6) is 0 Å². The Kier molecular flexibility index (Phi) is 5.56. The summed E-state index contributed by atoms with van der Waals surface area (Å²) in [5.41, 5.74) is -0.731. The van der Waals surface area contributed by atoms with Crippen LogP contribution >= 0.6 is 15.9 Å². The van der Waals surface area contributed by atoms with Crippen LogP contribution in [0.1, 0.15) is 5.56 Å². The van der Waals surface area contributed by atoms with Gasteiger partial charge < -0.3 is 10.6 Å². The highest BCUT2D eigenvalue weighted by Crippen LogP contribution is 2.36. The number of rotatable bonds is 5. The fourth-order valence-electron chi connectivity index (χ4n) is 1.31. The van der Waals surface area contributed by atoms with Gasteiger partial charge in [0.05, 0.1) is 12.1 Å². The second kappa shape index (κ2) is 6.72. The second-order valence-electron chi connectivity index (χ2n) is 3.66. The van der Waals surface area contributed by atoms with Crippen LogP contribution in [0, 0.1) is 0 Å². The van der Waals surface area contributed by atoms with Crippen molar-refractivity contribution in [2.75, 3.05) is 18.4 Å². The minimum Gasteiger partial charge on any atom is -0.325 e. The predicted octanol–water partition coefficient (Wildman–Crippen LogP) is 3.18. The third kappa shape index (κ3) is 5.04. The maximum Gasteiger partial charge on any atom is 0.417 e. The van der Waals surface area contributed by atoms with Crippen LogP contribution in [0.3, 0.4) is 0 Å². The molecule has 1 aromatic carbocycles. The molecule has 0 aliphatic rings. The van der Waals surface area contributed by atoms with Gasteiger partial charge in [0.15, 0.2) is 0 Å². The van der Waals surface area contributed by atoms with E-state index in [-0.39, 0.29) is 16.7 Å². The Morgan fingerprint density at radius 3 is 2.68 bits per heavy atom. The Balaban J connectivity index is 2.75. The van der Waals surface area contributed by atoms with Crippen LogP contribution in [-0.4, -0.2) is 19.0 Å². The molecule has 19 heavy (non-hydrogen) atoms. The number of hydrogen-bond acceptors (Lipinski definition) is 2. The topological polar surface area (TPSA) is 41.1 Å². The Bertz CT molecular complexity index is 475. The van der Waals surface area contributed by atoms with Crippen molar-refractivity contribution in [1.29, 1.82) is 0 Å². The summed E-state index contributed by atoms with van der Waals surface area (Å²) in [5.74, 6) is -0.419. The number of amides is 1. The van der Waals surface area contributed by atoms with Crippen LogP contribution in [0.4, 0.5) is 18.9 Å². The smallest absolute Gasteiger partial charge is 0.325 e. The number of nitrogens with one attached hydrogen (secondary N) is 2. The minimum atomic E-state index is -4.47. The zero-order valence-electron chi connectivity index (χ0n) is 9.85. The van der Waals surface area contributed by atoms with Crippen molar-refractivity contribution in [3.8, 4) is 0 Å². The van der Waals surface area contributed by atoms with Crippen LogP contribution in [0.15, 0.2) is 35.3 Å². The summed E-state index contributed by atoms with van der Waals surface area (Å²) < 4.78 is 37.9. The minimum absolute atomic E-state index is 0.00341. The highest BCUT2D eigenvalue weighted by molar-refractivity contribution is 9.10. The highest BCUT2D eigenvalue weighted by atomic mass is 79.9. The van der Waals surface area contributed by atoms with Gasteiger partial charge in [-0.3, -0.25) is 4.79 Å². The number of hydrogen-bond donors (Lipinski definition) is 2. The van der Waals surface area contributed by atoms with Crippen molar-refractivity contribution in [3.63, 3.8) is 0 Å². The van der Waals surface area contributed by atoms with E-state index in [0.717, 1.165) is 6.07 Å². The van der Waals surface area contributed by atoms with E-state index in [1.807, 2.05) is 0 Å². The second-order valence-corrected chi connectivity index (χ2v) is 4.51. The van der Waals surface area contributed by atoms with Gasteiger partial charge in [0.25, 0.3) is 0 Å². The number of carbonyl (C=O) groups is 1. The molecular formula is C12H12BrF3N2O. The highest BCUT2D eigenvalue weighted by Gasteiger charge is 2.33. The zero-order chi connectivity index (χ0) is 14.5. The monoisotopic (exact) mass is 336 g/mol. The van der Waals surface area contributed by atoms with E-state index < -0.39 is 17.6 Å². The molecule has 0 spiro atoms. The lowest BCUT2D eigenvalue weighted by Gasteiger charge is -2.12. The van der Waals surface area contributed by atoms with Crippen molar-refractivity contribution in [2.24, 2.45) is 0 Å². The number of alkyl halides is 3. The fourth-order valence-corrected chi connectivity index (χ4v) is 1.78. The van der Waals surface area contributed by atoms with Crippen molar-refractivity contribution in [1.82, 2.24) is 5.32 Å². The molecule has 0 saturated carbocycles. The molecule has 0 aliphatic heterocycles. The first-order chi connectivity index (χ1) is 8.84. The van der Waals surface area contributed by atoms with Crippen molar-refractivity contribution < 1.29 is 18.0 Å². The Hall–Kier alpha value is -1.34. The standard InChI is InChI=1S/C12H12BrF3N2O/c1-2-5-17-7-11(19)18-8-3-4-10(13)9(6-8)12(14,15)16/h2-4,6,17H,1,5,7H2,(H,18,19). The number of anilines is 1. The maximum atomic E-state index is 12.6. The lowest BCUT2D eigenvalue weighted by Crippen LogP contribution is -2.28. The number of halogens is 4. The van der Waals surface area contributed by atoms with E-state index in [9.17, 15) is 18.0 Å². The molecule has 1 aromatic rings. The maximum absolute atomic E-state index is 12.6. The van der Waals surface area contributed by atoms with E-state index >= 15 is 0 Å². The average Bonchev–Trinajstić information content (AvgIpc) is 2.30. The molecule has 0 heterocycles. The molecule has 1 rings (SSSR count). The molecule has 0 fully saturated rings. The molecule has 0 saturated heterocycles. The van der Waals surface area contributed by atoms with Gasteiger partial charge in [-0.1, -0.05) is 22.0 Å². The molecule has 0 unspecified atom stereocenters. The third-order valence-electron chi connectivity index (χ3n) is 2.13. The first-order valence-electron chi connectivity index (χ1n) is 5.33. The van der Waals surface area contributed by atoms with Gasteiger partial charge >= 0.3 is 6.18 Å². The summed E-state index contributed by atoms with van der Waals surface area (Å²) in [4.78, 5) is 11.4.